The van der Waals surface area contributed by atoms with Gasteiger partial charge in [0.05, 0.1) is 12.0 Å². The molecule has 2 aromatic rings. The van der Waals surface area contributed by atoms with E-state index in [0.29, 0.717) is 12.1 Å². The van der Waals surface area contributed by atoms with Crippen LogP contribution in [-0.2, 0) is 17.4 Å². The summed E-state index contributed by atoms with van der Waals surface area (Å²) < 4.78 is 39.0. The average Bonchev–Trinajstić information content (AvgIpc) is 2.48. The first-order valence-corrected chi connectivity index (χ1v) is 6.51. The third kappa shape index (κ3) is 3.68. The number of carboxylic acids is 1. The van der Waals surface area contributed by atoms with E-state index in [9.17, 15) is 22.8 Å². The molecule has 2 aromatic carbocycles. The number of halogens is 3. The van der Waals surface area contributed by atoms with E-state index in [4.69, 9.17) is 10.8 Å². The normalized spacial score (nSPS) is 11.3. The van der Waals surface area contributed by atoms with Gasteiger partial charge in [0.25, 0.3) is 0 Å². The second kappa shape index (κ2) is 6.12. The Kier molecular flexibility index (Phi) is 4.40. The number of nitrogen functional groups attached to an aromatic ring is 1. The van der Waals surface area contributed by atoms with Crippen LogP contribution in [0.5, 0.6) is 0 Å². The van der Waals surface area contributed by atoms with Crippen molar-refractivity contribution in [3.8, 4) is 0 Å². The number of hydrogen-bond donors (Lipinski definition) is 2. The Morgan fingerprint density at radius 3 is 2.22 bits per heavy atom. The van der Waals surface area contributed by atoms with Gasteiger partial charge in [-0.25, -0.2) is 0 Å². The first-order valence-electron chi connectivity index (χ1n) is 6.51. The number of anilines is 1. The Morgan fingerprint density at radius 2 is 1.70 bits per heavy atom. The van der Waals surface area contributed by atoms with Crippen molar-refractivity contribution in [2.24, 2.45) is 0 Å². The number of nitrogens with two attached hydrogens (primary N) is 1. The molecule has 0 bridgehead atoms. The number of benzene rings is 2. The molecule has 2 rings (SSSR count). The Bertz CT molecular complexity index is 755. The van der Waals surface area contributed by atoms with Crippen LogP contribution in [0.25, 0.3) is 0 Å². The van der Waals surface area contributed by atoms with Gasteiger partial charge in [0.1, 0.15) is 0 Å². The maximum atomic E-state index is 13.0. The molecule has 7 heteroatoms. The van der Waals surface area contributed by atoms with E-state index in [1.807, 2.05) is 0 Å². The van der Waals surface area contributed by atoms with Gasteiger partial charge in [-0.05, 0) is 17.7 Å². The van der Waals surface area contributed by atoms with Gasteiger partial charge >= 0.3 is 12.1 Å². The van der Waals surface area contributed by atoms with Crippen LogP contribution in [0.1, 0.15) is 27.0 Å². The molecule has 0 aliphatic heterocycles. The highest BCUT2D eigenvalue weighted by Gasteiger charge is 2.33. The number of hydrogen-bond acceptors (Lipinski definition) is 3. The molecule has 0 radical (unpaired) electrons. The molecular weight excluding hydrogens is 311 g/mol. The molecule has 120 valence electrons. The topological polar surface area (TPSA) is 80.4 Å². The Balaban J connectivity index is 2.62. The number of carbonyl (C=O) groups is 2. The van der Waals surface area contributed by atoms with Crippen LogP contribution in [0.2, 0.25) is 0 Å². The summed E-state index contributed by atoms with van der Waals surface area (Å²) in [6.45, 7) is 0. The fourth-order valence-corrected chi connectivity index (χ4v) is 2.12. The average molecular weight is 323 g/mol. The van der Waals surface area contributed by atoms with Crippen molar-refractivity contribution < 1.29 is 27.9 Å². The molecule has 0 atom stereocenters. The van der Waals surface area contributed by atoms with Crippen molar-refractivity contribution in [1.29, 1.82) is 0 Å². The number of carboxylic acid groups (broad SMARTS) is 1. The van der Waals surface area contributed by atoms with Crippen LogP contribution >= 0.6 is 0 Å². The maximum Gasteiger partial charge on any atom is 0.416 e. The zero-order valence-corrected chi connectivity index (χ0v) is 11.7. The molecule has 3 N–H and O–H groups in total. The van der Waals surface area contributed by atoms with Crippen molar-refractivity contribution >= 4 is 17.4 Å². The second-order valence-electron chi connectivity index (χ2n) is 4.86. The molecule has 4 nitrogen and oxygen atoms in total. The van der Waals surface area contributed by atoms with E-state index in [0.717, 1.165) is 0 Å². The lowest BCUT2D eigenvalue weighted by Crippen LogP contribution is -2.15. The molecule has 0 spiro atoms. The molecule has 0 aliphatic carbocycles. The predicted octanol–water partition coefficient (Wildman–Crippen LogP) is 3.15. The van der Waals surface area contributed by atoms with Crippen molar-refractivity contribution in [3.05, 3.63) is 64.7 Å². The summed E-state index contributed by atoms with van der Waals surface area (Å²) in [5, 5.41) is 8.81. The van der Waals surface area contributed by atoms with Crippen LogP contribution in [-0.4, -0.2) is 16.9 Å². The number of carbonyl (C=O) groups excluding carboxylic acids is 1. The van der Waals surface area contributed by atoms with Crippen molar-refractivity contribution in [2.75, 3.05) is 5.73 Å². The van der Waals surface area contributed by atoms with Gasteiger partial charge in [0, 0.05) is 16.8 Å². The minimum Gasteiger partial charge on any atom is -0.481 e. The van der Waals surface area contributed by atoms with Crippen LogP contribution in [0.3, 0.4) is 0 Å². The third-order valence-electron chi connectivity index (χ3n) is 3.22. The third-order valence-corrected chi connectivity index (χ3v) is 3.22. The van der Waals surface area contributed by atoms with Gasteiger partial charge < -0.3 is 10.8 Å². The van der Waals surface area contributed by atoms with Crippen molar-refractivity contribution in [3.63, 3.8) is 0 Å². The van der Waals surface area contributed by atoms with E-state index in [1.54, 1.807) is 18.2 Å². The first kappa shape index (κ1) is 16.5. The zero-order valence-electron chi connectivity index (χ0n) is 11.7. The lowest BCUT2D eigenvalue weighted by atomic mass is 9.95. The Morgan fingerprint density at radius 1 is 1.09 bits per heavy atom. The summed E-state index contributed by atoms with van der Waals surface area (Å²) in [5.41, 5.74) is 3.93. The molecule has 0 amide bonds. The molecule has 0 aliphatic rings. The fraction of sp³-hybridized carbons (Fsp3) is 0.125. The van der Waals surface area contributed by atoms with Gasteiger partial charge in [0.15, 0.2) is 5.78 Å². The largest absolute Gasteiger partial charge is 0.481 e. The predicted molar refractivity (Wildman–Crippen MR) is 77.1 cm³/mol. The lowest BCUT2D eigenvalue weighted by molar-refractivity contribution is -0.138. The highest BCUT2D eigenvalue weighted by molar-refractivity contribution is 6.12. The van der Waals surface area contributed by atoms with Gasteiger partial charge in [-0.2, -0.15) is 13.2 Å². The minimum absolute atomic E-state index is 0.166. The summed E-state index contributed by atoms with van der Waals surface area (Å²) >= 11 is 0. The van der Waals surface area contributed by atoms with Crippen molar-refractivity contribution in [1.82, 2.24) is 0 Å². The summed E-state index contributed by atoms with van der Waals surface area (Å²) in [4.78, 5) is 23.2. The highest BCUT2D eigenvalue weighted by Crippen LogP contribution is 2.34. The molecule has 0 aromatic heterocycles. The van der Waals surface area contributed by atoms with Crippen LogP contribution in [0, 0.1) is 0 Å². The van der Waals surface area contributed by atoms with Gasteiger partial charge in [-0.15, -0.1) is 0 Å². The van der Waals surface area contributed by atoms with Gasteiger partial charge in [-0.3, -0.25) is 9.59 Å². The first-order chi connectivity index (χ1) is 10.7. The summed E-state index contributed by atoms with van der Waals surface area (Å²) in [5.74, 6) is -2.03. The molecule has 0 saturated carbocycles. The van der Waals surface area contributed by atoms with Gasteiger partial charge in [0.2, 0.25) is 0 Å². The van der Waals surface area contributed by atoms with E-state index >= 15 is 0 Å². The van der Waals surface area contributed by atoms with Gasteiger partial charge in [-0.1, -0.05) is 30.3 Å². The molecule has 0 saturated heterocycles. The van der Waals surface area contributed by atoms with Crippen LogP contribution < -0.4 is 5.73 Å². The number of aliphatic carboxylic acids is 1. The molecule has 23 heavy (non-hydrogen) atoms. The molecule has 0 heterocycles. The number of ketones is 1. The fourth-order valence-electron chi connectivity index (χ4n) is 2.12. The smallest absolute Gasteiger partial charge is 0.416 e. The summed E-state index contributed by atoms with van der Waals surface area (Å²) in [6, 6.07) is 8.98. The standard InChI is InChI=1S/C16H12F3NO3/c17-16(18,19)11-6-10(7-13(21)22)14(20)12(8-11)15(23)9-4-2-1-3-5-9/h1-6,8H,7,20H2,(H,21,22). The Labute approximate surface area is 129 Å². The second-order valence-corrected chi connectivity index (χ2v) is 4.86. The van der Waals surface area contributed by atoms with E-state index < -0.39 is 29.9 Å². The molecule has 0 unspecified atom stereocenters. The SMILES string of the molecule is Nc1c(CC(=O)O)cc(C(F)(F)F)cc1C(=O)c1ccccc1. The Hall–Kier alpha value is -2.83. The number of alkyl halides is 3. The quantitative estimate of drug-likeness (QED) is 0.669. The summed E-state index contributed by atoms with van der Waals surface area (Å²) in [7, 11) is 0. The van der Waals surface area contributed by atoms with E-state index in [1.165, 1.54) is 12.1 Å². The van der Waals surface area contributed by atoms with Crippen molar-refractivity contribution in [2.45, 2.75) is 12.6 Å². The molecule has 0 fully saturated rings. The van der Waals surface area contributed by atoms with Crippen LogP contribution in [0.15, 0.2) is 42.5 Å². The van der Waals surface area contributed by atoms with Crippen LogP contribution in [0.4, 0.5) is 18.9 Å². The number of rotatable bonds is 4. The summed E-state index contributed by atoms with van der Waals surface area (Å²) in [6.07, 6.45) is -5.42. The zero-order chi connectivity index (χ0) is 17.2. The van der Waals surface area contributed by atoms with E-state index in [2.05, 4.69) is 0 Å². The highest BCUT2D eigenvalue weighted by atomic mass is 19.4. The molecular formula is C16H12F3NO3. The monoisotopic (exact) mass is 323 g/mol. The van der Waals surface area contributed by atoms with E-state index in [-0.39, 0.29) is 22.4 Å². The lowest BCUT2D eigenvalue weighted by Gasteiger charge is -2.14. The minimum atomic E-state index is -4.72. The maximum absolute atomic E-state index is 13.0.